The third-order valence-electron chi connectivity index (χ3n) is 5.01. The van der Waals surface area contributed by atoms with Crippen molar-refractivity contribution in [1.82, 2.24) is 19.5 Å². The Kier molecular flexibility index (Phi) is 4.15. The molecule has 0 aliphatic heterocycles. The van der Waals surface area contributed by atoms with Crippen LogP contribution in [0.3, 0.4) is 0 Å². The van der Waals surface area contributed by atoms with Gasteiger partial charge in [-0.05, 0) is 37.8 Å². The van der Waals surface area contributed by atoms with Gasteiger partial charge in [0.25, 0.3) is 5.91 Å². The lowest BCUT2D eigenvalue weighted by atomic mass is 9.92. The van der Waals surface area contributed by atoms with E-state index in [0.29, 0.717) is 11.2 Å². The van der Waals surface area contributed by atoms with Crippen LogP contribution in [0.2, 0.25) is 0 Å². The first-order chi connectivity index (χ1) is 12.9. The van der Waals surface area contributed by atoms with E-state index < -0.39 is 5.91 Å². The van der Waals surface area contributed by atoms with E-state index in [1.165, 1.54) is 12.1 Å². The number of carbonyl (C=O) groups excluding carboxylic acids is 1. The van der Waals surface area contributed by atoms with Crippen molar-refractivity contribution in [3.8, 4) is 17.1 Å². The van der Waals surface area contributed by atoms with E-state index in [1.54, 1.807) is 16.7 Å². The SMILES string of the molecule is NC(=O)c1nc(-c2cccc(O)c2)nc2c1[nH]c(=O)n2C1CCC(N)CC1. The Labute approximate surface area is 154 Å². The number of primary amides is 1. The molecule has 6 N–H and O–H groups in total. The largest absolute Gasteiger partial charge is 0.508 e. The lowest BCUT2D eigenvalue weighted by Gasteiger charge is -2.26. The van der Waals surface area contributed by atoms with Gasteiger partial charge in [-0.2, -0.15) is 0 Å². The number of fused-ring (bicyclic) bond motifs is 1. The van der Waals surface area contributed by atoms with E-state index in [4.69, 9.17) is 11.5 Å². The van der Waals surface area contributed by atoms with Gasteiger partial charge < -0.3 is 21.6 Å². The molecule has 9 heteroatoms. The molecular weight excluding hydrogens is 348 g/mol. The summed E-state index contributed by atoms with van der Waals surface area (Å²) < 4.78 is 1.57. The molecule has 0 saturated heterocycles. The number of amides is 1. The van der Waals surface area contributed by atoms with Crippen LogP contribution in [0.15, 0.2) is 29.1 Å². The average molecular weight is 368 g/mol. The number of aromatic amines is 1. The monoisotopic (exact) mass is 368 g/mol. The Morgan fingerprint density at radius 1 is 1.22 bits per heavy atom. The number of hydrogen-bond donors (Lipinski definition) is 4. The minimum Gasteiger partial charge on any atom is -0.508 e. The van der Waals surface area contributed by atoms with Gasteiger partial charge in [0.1, 0.15) is 11.3 Å². The number of aromatic hydroxyl groups is 1. The van der Waals surface area contributed by atoms with E-state index in [9.17, 15) is 14.7 Å². The number of phenolic OH excluding ortho intramolecular Hbond substituents is 1. The molecule has 1 aliphatic rings. The molecule has 0 atom stereocenters. The van der Waals surface area contributed by atoms with Crippen LogP contribution in [0.5, 0.6) is 5.75 Å². The quantitative estimate of drug-likeness (QED) is 0.542. The second-order valence-corrected chi connectivity index (χ2v) is 6.88. The van der Waals surface area contributed by atoms with Crippen molar-refractivity contribution in [2.45, 2.75) is 37.8 Å². The van der Waals surface area contributed by atoms with E-state index in [-0.39, 0.29) is 40.6 Å². The summed E-state index contributed by atoms with van der Waals surface area (Å²) >= 11 is 0. The Morgan fingerprint density at radius 2 is 1.96 bits per heavy atom. The Morgan fingerprint density at radius 3 is 2.63 bits per heavy atom. The molecule has 27 heavy (non-hydrogen) atoms. The van der Waals surface area contributed by atoms with Crippen molar-refractivity contribution in [3.63, 3.8) is 0 Å². The lowest BCUT2D eigenvalue weighted by Crippen LogP contribution is -2.31. The van der Waals surface area contributed by atoms with Crippen LogP contribution in [-0.2, 0) is 0 Å². The van der Waals surface area contributed by atoms with Gasteiger partial charge in [-0.25, -0.2) is 14.8 Å². The molecule has 1 amide bonds. The van der Waals surface area contributed by atoms with Gasteiger partial charge in [0.05, 0.1) is 0 Å². The number of aromatic nitrogens is 4. The summed E-state index contributed by atoms with van der Waals surface area (Å²) in [5.74, 6) is -0.500. The fourth-order valence-electron chi connectivity index (χ4n) is 3.65. The van der Waals surface area contributed by atoms with Gasteiger partial charge in [-0.15, -0.1) is 0 Å². The molecule has 1 saturated carbocycles. The third kappa shape index (κ3) is 3.06. The summed E-state index contributed by atoms with van der Waals surface area (Å²) in [5.41, 5.74) is 12.1. The standard InChI is InChI=1S/C18H20N6O3/c19-10-4-6-11(7-5-10)24-17-14(22-18(24)27)13(15(20)26)21-16(23-17)9-2-1-3-12(25)8-9/h1-3,8,10-11,25H,4-7,19H2,(H2,20,26)(H,22,27). The molecule has 0 unspecified atom stereocenters. The van der Waals surface area contributed by atoms with Crippen molar-refractivity contribution < 1.29 is 9.90 Å². The fraction of sp³-hybridized carbons (Fsp3) is 0.333. The van der Waals surface area contributed by atoms with Gasteiger partial charge in [0.15, 0.2) is 17.2 Å². The van der Waals surface area contributed by atoms with Crippen molar-refractivity contribution in [3.05, 3.63) is 40.4 Å². The first-order valence-corrected chi connectivity index (χ1v) is 8.81. The van der Waals surface area contributed by atoms with Crippen molar-refractivity contribution in [2.75, 3.05) is 0 Å². The van der Waals surface area contributed by atoms with Crippen LogP contribution in [0.1, 0.15) is 42.2 Å². The molecule has 1 aliphatic carbocycles. The number of nitrogens with two attached hydrogens (primary N) is 2. The first-order valence-electron chi connectivity index (χ1n) is 8.81. The van der Waals surface area contributed by atoms with E-state index >= 15 is 0 Å². The van der Waals surface area contributed by atoms with Gasteiger partial charge in [0, 0.05) is 17.6 Å². The number of H-pyrrole nitrogens is 1. The van der Waals surface area contributed by atoms with Gasteiger partial charge in [-0.3, -0.25) is 9.36 Å². The van der Waals surface area contributed by atoms with Crippen LogP contribution in [-0.4, -0.2) is 36.6 Å². The highest BCUT2D eigenvalue weighted by molar-refractivity contribution is 6.01. The minimum absolute atomic E-state index is 0.0459. The highest BCUT2D eigenvalue weighted by Crippen LogP contribution is 2.30. The van der Waals surface area contributed by atoms with Crippen molar-refractivity contribution in [1.29, 1.82) is 0 Å². The predicted molar refractivity (Wildman–Crippen MR) is 99.2 cm³/mol. The smallest absolute Gasteiger partial charge is 0.327 e. The summed E-state index contributed by atoms with van der Waals surface area (Å²) in [7, 11) is 0. The van der Waals surface area contributed by atoms with E-state index in [1.807, 2.05) is 0 Å². The first kappa shape index (κ1) is 17.2. The number of imidazole rings is 1. The van der Waals surface area contributed by atoms with Crippen LogP contribution >= 0.6 is 0 Å². The summed E-state index contributed by atoms with van der Waals surface area (Å²) in [6.07, 6.45) is 3.14. The van der Waals surface area contributed by atoms with Crippen LogP contribution in [0.25, 0.3) is 22.6 Å². The predicted octanol–water partition coefficient (Wildman–Crippen LogP) is 1.03. The molecule has 3 aromatic rings. The van der Waals surface area contributed by atoms with Crippen LogP contribution < -0.4 is 17.2 Å². The molecule has 1 fully saturated rings. The number of hydrogen-bond acceptors (Lipinski definition) is 6. The molecule has 4 rings (SSSR count). The van der Waals surface area contributed by atoms with E-state index in [0.717, 1.165) is 25.7 Å². The number of benzene rings is 1. The molecule has 2 heterocycles. The maximum atomic E-state index is 12.6. The van der Waals surface area contributed by atoms with Crippen LogP contribution in [0, 0.1) is 0 Å². The van der Waals surface area contributed by atoms with Gasteiger partial charge >= 0.3 is 5.69 Å². The Bertz CT molecular complexity index is 1080. The summed E-state index contributed by atoms with van der Waals surface area (Å²) in [5, 5.41) is 9.73. The zero-order valence-corrected chi connectivity index (χ0v) is 14.6. The number of nitrogens with one attached hydrogen (secondary N) is 1. The fourth-order valence-corrected chi connectivity index (χ4v) is 3.65. The zero-order valence-electron chi connectivity index (χ0n) is 14.6. The highest BCUT2D eigenvalue weighted by Gasteiger charge is 2.26. The maximum absolute atomic E-state index is 12.6. The van der Waals surface area contributed by atoms with E-state index in [2.05, 4.69) is 15.0 Å². The summed E-state index contributed by atoms with van der Waals surface area (Å²) in [6, 6.07) is 6.45. The lowest BCUT2D eigenvalue weighted by molar-refractivity contribution is 0.0997. The Balaban J connectivity index is 1.93. The number of phenols is 1. The van der Waals surface area contributed by atoms with Gasteiger partial charge in [-0.1, -0.05) is 12.1 Å². The second kappa shape index (κ2) is 6.51. The maximum Gasteiger partial charge on any atom is 0.327 e. The molecule has 9 nitrogen and oxygen atoms in total. The molecule has 0 bridgehead atoms. The van der Waals surface area contributed by atoms with Crippen LogP contribution in [0.4, 0.5) is 0 Å². The Hall–Kier alpha value is -3.20. The molecule has 0 spiro atoms. The van der Waals surface area contributed by atoms with Gasteiger partial charge in [0.2, 0.25) is 0 Å². The molecule has 0 radical (unpaired) electrons. The topological polar surface area (TPSA) is 153 Å². The molecule has 2 aromatic heterocycles. The minimum atomic E-state index is -0.761. The normalized spacial score (nSPS) is 20.0. The number of nitrogens with zero attached hydrogens (tertiary/aromatic N) is 3. The highest BCUT2D eigenvalue weighted by atomic mass is 16.3. The third-order valence-corrected chi connectivity index (χ3v) is 5.01. The summed E-state index contributed by atoms with van der Waals surface area (Å²) in [6.45, 7) is 0. The zero-order chi connectivity index (χ0) is 19.1. The molecule has 1 aromatic carbocycles. The number of rotatable bonds is 3. The molecule has 140 valence electrons. The molecular formula is C18H20N6O3. The van der Waals surface area contributed by atoms with Crippen molar-refractivity contribution >= 4 is 17.1 Å². The average Bonchev–Trinajstić information content (AvgIpc) is 2.97. The summed E-state index contributed by atoms with van der Waals surface area (Å²) in [4.78, 5) is 36.0. The second-order valence-electron chi connectivity index (χ2n) is 6.88. The van der Waals surface area contributed by atoms with Crippen molar-refractivity contribution in [2.24, 2.45) is 11.5 Å². The number of carbonyl (C=O) groups is 1.